The second-order valence-electron chi connectivity index (χ2n) is 18.0. The van der Waals surface area contributed by atoms with Crippen LogP contribution in [0.3, 0.4) is 0 Å². The van der Waals surface area contributed by atoms with E-state index in [1.54, 1.807) is 0 Å². The van der Waals surface area contributed by atoms with Gasteiger partial charge in [-0.1, -0.05) is 123 Å². The summed E-state index contributed by atoms with van der Waals surface area (Å²) in [7, 11) is 0. The maximum Gasteiger partial charge on any atom is 0.268 e. The average Bonchev–Trinajstić information content (AvgIpc) is 4.15. The van der Waals surface area contributed by atoms with Gasteiger partial charge < -0.3 is 18.3 Å². The molecule has 328 valence electrons. The van der Waals surface area contributed by atoms with Crippen molar-refractivity contribution in [3.05, 3.63) is 217 Å². The number of hydrogen-bond acceptors (Lipinski definition) is 3. The molecule has 5 heterocycles. The molecule has 68 heavy (non-hydrogen) atoms. The molecular formula is C59H39N7OPt-2. The van der Waals surface area contributed by atoms with Crippen molar-refractivity contribution >= 4 is 60.7 Å². The van der Waals surface area contributed by atoms with Gasteiger partial charge in [-0.05, 0) is 82.3 Å². The molecule has 5 aromatic heterocycles. The summed E-state index contributed by atoms with van der Waals surface area (Å²) < 4.78 is 17.6. The van der Waals surface area contributed by atoms with Gasteiger partial charge in [0.2, 0.25) is 5.78 Å². The Morgan fingerprint density at radius 1 is 0.588 bits per heavy atom. The van der Waals surface area contributed by atoms with Crippen LogP contribution in [0, 0.1) is 25.4 Å². The van der Waals surface area contributed by atoms with Crippen LogP contribution < -0.4 is 9.30 Å². The monoisotopic (exact) mass is 1060 g/mol. The van der Waals surface area contributed by atoms with Crippen LogP contribution >= 0.6 is 0 Å². The molecule has 0 bridgehead atoms. The Morgan fingerprint density at radius 3 is 2.12 bits per heavy atom. The number of hydrogen-bond donors (Lipinski definition) is 0. The van der Waals surface area contributed by atoms with Gasteiger partial charge in [0.05, 0.1) is 44.5 Å². The second kappa shape index (κ2) is 15.0. The van der Waals surface area contributed by atoms with E-state index in [4.69, 9.17) is 14.7 Å². The predicted molar refractivity (Wildman–Crippen MR) is 265 cm³/mol. The summed E-state index contributed by atoms with van der Waals surface area (Å²) in [4.78, 5) is 10.4. The zero-order chi connectivity index (χ0) is 44.5. The number of fused-ring (bicyclic) bond motifs is 12. The molecule has 9 heteroatoms. The fourth-order valence-electron chi connectivity index (χ4n) is 10.7. The minimum absolute atomic E-state index is 0. The number of benzene rings is 8. The van der Waals surface area contributed by atoms with Crippen LogP contribution in [0.5, 0.6) is 11.5 Å². The summed E-state index contributed by atoms with van der Waals surface area (Å²) in [6, 6.07) is 68.6. The quantitative estimate of drug-likeness (QED) is 0.123. The first-order valence-corrected chi connectivity index (χ1v) is 22.6. The Kier molecular flexibility index (Phi) is 8.86. The van der Waals surface area contributed by atoms with Crippen molar-refractivity contribution in [1.29, 1.82) is 0 Å². The smallest absolute Gasteiger partial charge is 0.268 e. The van der Waals surface area contributed by atoms with Gasteiger partial charge in [-0.3, -0.25) is 9.13 Å². The van der Waals surface area contributed by atoms with E-state index in [9.17, 15) is 0 Å². The predicted octanol–water partition coefficient (Wildman–Crippen LogP) is 12.9. The van der Waals surface area contributed by atoms with Crippen LogP contribution in [0.25, 0.3) is 94.7 Å². The van der Waals surface area contributed by atoms with Crippen LogP contribution in [0.2, 0.25) is 0 Å². The van der Waals surface area contributed by atoms with Gasteiger partial charge in [0.15, 0.2) is 0 Å². The Bertz CT molecular complexity index is 4150. The number of pyridine rings is 1. The van der Waals surface area contributed by atoms with Crippen molar-refractivity contribution in [3.63, 3.8) is 0 Å². The zero-order valence-electron chi connectivity index (χ0n) is 37.2. The maximum absolute atomic E-state index is 6.71. The van der Waals surface area contributed by atoms with E-state index in [0.717, 1.165) is 83.9 Å². The van der Waals surface area contributed by atoms with Crippen molar-refractivity contribution in [2.24, 2.45) is 0 Å². The topological polar surface area (TPSA) is 58.1 Å². The van der Waals surface area contributed by atoms with E-state index in [-0.39, 0.29) is 26.5 Å². The van der Waals surface area contributed by atoms with E-state index in [1.165, 1.54) is 27.5 Å². The molecule has 1 aliphatic carbocycles. The van der Waals surface area contributed by atoms with E-state index in [0.29, 0.717) is 11.5 Å². The molecule has 0 spiro atoms. The molecule has 0 saturated carbocycles. The molecule has 8 nitrogen and oxygen atoms in total. The Balaban J connectivity index is 0.00000457. The third-order valence-electron chi connectivity index (χ3n) is 13.8. The van der Waals surface area contributed by atoms with Crippen LogP contribution in [-0.4, -0.2) is 28.1 Å². The molecule has 13 aromatic rings. The molecule has 14 rings (SSSR count). The number of ether oxygens (including phenoxy) is 1. The summed E-state index contributed by atoms with van der Waals surface area (Å²) >= 11 is 0. The minimum atomic E-state index is -0.199. The first-order valence-electron chi connectivity index (χ1n) is 22.6. The molecule has 0 fully saturated rings. The van der Waals surface area contributed by atoms with Crippen LogP contribution in [0.15, 0.2) is 182 Å². The molecule has 0 atom stereocenters. The van der Waals surface area contributed by atoms with Gasteiger partial charge in [-0.15, -0.1) is 30.3 Å². The Morgan fingerprint density at radius 2 is 1.28 bits per heavy atom. The summed E-state index contributed by atoms with van der Waals surface area (Å²) in [6.45, 7) is 6.69. The van der Waals surface area contributed by atoms with E-state index in [2.05, 4.69) is 214 Å². The summed E-state index contributed by atoms with van der Waals surface area (Å²) in [5, 5.41) is 2.43. The number of para-hydroxylation sites is 7. The van der Waals surface area contributed by atoms with Crippen LogP contribution in [0.4, 0.5) is 0 Å². The van der Waals surface area contributed by atoms with Crippen LogP contribution in [-0.2, 0) is 26.5 Å². The van der Waals surface area contributed by atoms with Gasteiger partial charge in [-0.2, -0.15) is 12.1 Å². The molecule has 8 aromatic carbocycles. The first kappa shape index (κ1) is 40.2. The summed E-state index contributed by atoms with van der Waals surface area (Å²) in [6.07, 6.45) is 5.74. The van der Waals surface area contributed by atoms with Crippen molar-refractivity contribution in [2.45, 2.75) is 26.2 Å². The molecule has 0 aliphatic heterocycles. The van der Waals surface area contributed by atoms with Crippen molar-refractivity contribution in [3.8, 4) is 45.5 Å². The standard InChI is InChI=1S/C59H39N7O.Pt/c1-37-16-14-29-54-57(37)61-58-65(54)53-31-30-40(33-55(53)66(58)56-34-46-44(35-60-56)41-19-4-7-22-45(41)59(46,2)3)67-39-18-15-17-38(32-39)62-36-63(50-26-11-10-25-49(50)62)51-27-12-13-28-52(51)64-47-23-8-5-20-42(47)43-21-6-9-24-48(43)64;/h4-31,34-35H,1-3H3;/q-2;. The van der Waals surface area contributed by atoms with E-state index < -0.39 is 0 Å². The molecule has 0 N–H and O–H groups in total. The average molecular weight is 1060 g/mol. The number of imidazole rings is 3. The molecule has 0 amide bonds. The van der Waals surface area contributed by atoms with Gasteiger partial charge in [-0.25, -0.2) is 9.97 Å². The van der Waals surface area contributed by atoms with Crippen molar-refractivity contribution < 1.29 is 30.4 Å². The number of aromatic nitrogens is 7. The third-order valence-corrected chi connectivity index (χ3v) is 13.8. The third kappa shape index (κ3) is 5.74. The molecule has 0 saturated heterocycles. The van der Waals surface area contributed by atoms with Gasteiger partial charge in [0.1, 0.15) is 5.82 Å². The van der Waals surface area contributed by atoms with Crippen molar-refractivity contribution in [2.75, 3.05) is 0 Å². The molecule has 0 unspecified atom stereocenters. The molecule has 0 radical (unpaired) electrons. The first-order chi connectivity index (χ1) is 32.9. The second-order valence-corrected chi connectivity index (χ2v) is 18.0. The number of nitrogens with zero attached hydrogens (tertiary/aromatic N) is 7. The Labute approximate surface area is 405 Å². The molecular weight excluding hydrogens is 1020 g/mol. The minimum Gasteiger partial charge on any atom is -0.510 e. The fourth-order valence-corrected chi connectivity index (χ4v) is 10.7. The summed E-state index contributed by atoms with van der Waals surface area (Å²) in [5.74, 6) is 2.65. The van der Waals surface area contributed by atoms with Gasteiger partial charge in [0, 0.05) is 60.5 Å². The fraction of sp³-hybridized carbons (Fsp3) is 0.0678. The normalized spacial score (nSPS) is 12.9. The van der Waals surface area contributed by atoms with Crippen molar-refractivity contribution in [1.82, 2.24) is 28.1 Å². The maximum atomic E-state index is 6.71. The Hall–Kier alpha value is -8.06. The van der Waals surface area contributed by atoms with Gasteiger partial charge in [0.25, 0.3) is 6.33 Å². The summed E-state index contributed by atoms with van der Waals surface area (Å²) in [5.41, 5.74) is 16.7. The zero-order valence-corrected chi connectivity index (χ0v) is 39.4. The van der Waals surface area contributed by atoms with E-state index in [1.807, 2.05) is 30.5 Å². The van der Waals surface area contributed by atoms with Crippen LogP contribution in [0.1, 0.15) is 30.5 Å². The number of aryl methyl sites for hydroxylation is 1. The number of rotatable bonds is 6. The largest absolute Gasteiger partial charge is 0.510 e. The molecule has 1 aliphatic rings. The van der Waals surface area contributed by atoms with E-state index >= 15 is 0 Å². The van der Waals surface area contributed by atoms with Gasteiger partial charge >= 0.3 is 0 Å². The SMILES string of the molecule is Cc1cccc2c1nc1n(-c3cc4c(cn3)-c3ccccc3C4(C)C)c3[c-]c(Oc4[c-]c(-n5[c-][n+](-c6ccccc6-n6c7ccccc7c7ccccc76)c6ccccc65)ccc4)ccc3n21.[Pt].